The smallest absolute Gasteiger partial charge is 0.497 e. The van der Waals surface area contributed by atoms with Crippen LogP contribution in [0.4, 0.5) is 19.0 Å². The van der Waals surface area contributed by atoms with Gasteiger partial charge in [-0.05, 0) is 35.6 Å². The lowest BCUT2D eigenvalue weighted by atomic mass is 10.3. The normalized spacial score (nSPS) is 13.0. The third-order valence-corrected chi connectivity index (χ3v) is 2.98. The minimum atomic E-state index is -4.64. The molecule has 136 valence electrons. The first kappa shape index (κ1) is 18.4. The highest BCUT2D eigenvalue weighted by Gasteiger charge is 2.30. The molecule has 0 atom stereocenters. The van der Waals surface area contributed by atoms with Gasteiger partial charge in [-0.1, -0.05) is 0 Å². The summed E-state index contributed by atoms with van der Waals surface area (Å²) in [5.74, 6) is 0.0784. The lowest BCUT2D eigenvalue weighted by molar-refractivity contribution is -0.389. The van der Waals surface area contributed by atoms with E-state index in [1.165, 1.54) is 37.6 Å². The molecule has 0 fully saturated rings. The number of benzene rings is 1. The first-order chi connectivity index (χ1) is 11.8. The van der Waals surface area contributed by atoms with E-state index in [1.54, 1.807) is 4.57 Å². The van der Waals surface area contributed by atoms with Crippen molar-refractivity contribution in [1.82, 2.24) is 9.55 Å². The number of fused-ring (bicyclic) bond motifs is 1. The molecule has 0 unspecified atom stereocenters. The Hall–Kier alpha value is -2.98. The standard InChI is InChI=1S/C8H7F3O2.C6H7N3O3/c1-12-6-2-4-7(5-3-6)13-8(9,10)11;10-9(11)5-4-8-2-1-3-12-6(8)7-5/h2-5H,1H3;4H,1-3H2. The van der Waals surface area contributed by atoms with Crippen molar-refractivity contribution in [1.29, 1.82) is 0 Å². The molecule has 11 heteroatoms. The molecule has 0 saturated heterocycles. The van der Waals surface area contributed by atoms with Gasteiger partial charge in [0.15, 0.2) is 0 Å². The number of aromatic nitrogens is 2. The van der Waals surface area contributed by atoms with Crippen molar-refractivity contribution in [3.63, 3.8) is 0 Å². The molecule has 1 aromatic heterocycles. The van der Waals surface area contributed by atoms with E-state index in [0.717, 1.165) is 13.0 Å². The van der Waals surface area contributed by atoms with Crippen LogP contribution in [0.1, 0.15) is 6.42 Å². The minimum Gasteiger partial charge on any atom is -0.497 e. The van der Waals surface area contributed by atoms with Gasteiger partial charge in [0.25, 0.3) is 0 Å². The van der Waals surface area contributed by atoms with Gasteiger partial charge in [0.2, 0.25) is 0 Å². The highest BCUT2D eigenvalue weighted by Crippen LogP contribution is 2.24. The second kappa shape index (κ2) is 7.73. The average Bonchev–Trinajstić information content (AvgIpc) is 2.99. The van der Waals surface area contributed by atoms with Gasteiger partial charge in [-0.3, -0.25) is 4.57 Å². The number of halogens is 3. The van der Waals surface area contributed by atoms with Crippen LogP contribution in [-0.2, 0) is 6.54 Å². The summed E-state index contributed by atoms with van der Waals surface area (Å²) in [5, 5.41) is 10.3. The van der Waals surface area contributed by atoms with Crippen LogP contribution < -0.4 is 14.2 Å². The zero-order valence-corrected chi connectivity index (χ0v) is 13.0. The van der Waals surface area contributed by atoms with Gasteiger partial charge in [0.1, 0.15) is 17.7 Å². The molecule has 2 aromatic rings. The maximum atomic E-state index is 11.7. The number of hydrogen-bond acceptors (Lipinski definition) is 6. The summed E-state index contributed by atoms with van der Waals surface area (Å²) in [6, 6.07) is 5.51. The molecule has 1 aliphatic rings. The maximum absolute atomic E-state index is 11.7. The van der Waals surface area contributed by atoms with E-state index in [2.05, 4.69) is 9.72 Å². The lowest BCUT2D eigenvalue weighted by Crippen LogP contribution is -2.16. The zero-order chi connectivity index (χ0) is 18.4. The quantitative estimate of drug-likeness (QED) is 0.616. The van der Waals surface area contributed by atoms with Crippen LogP contribution >= 0.6 is 0 Å². The van der Waals surface area contributed by atoms with E-state index in [9.17, 15) is 23.3 Å². The molecule has 0 radical (unpaired) electrons. The van der Waals surface area contributed by atoms with Crippen molar-refractivity contribution in [2.24, 2.45) is 0 Å². The maximum Gasteiger partial charge on any atom is 0.573 e. The van der Waals surface area contributed by atoms with Gasteiger partial charge < -0.3 is 24.3 Å². The Bertz CT molecular complexity index is 692. The van der Waals surface area contributed by atoms with E-state index in [-0.39, 0.29) is 11.6 Å². The Morgan fingerprint density at radius 1 is 1.28 bits per heavy atom. The molecule has 25 heavy (non-hydrogen) atoms. The molecular formula is C14H14F3N3O5. The van der Waals surface area contributed by atoms with Crippen molar-refractivity contribution in [3.8, 4) is 17.5 Å². The number of imidazole rings is 1. The van der Waals surface area contributed by atoms with Crippen molar-refractivity contribution in [2.45, 2.75) is 19.3 Å². The minimum absolute atomic E-state index is 0.146. The summed E-state index contributed by atoms with van der Waals surface area (Å²) >= 11 is 0. The van der Waals surface area contributed by atoms with Gasteiger partial charge in [-0.25, -0.2) is 0 Å². The number of nitrogens with zero attached hydrogens (tertiary/aromatic N) is 3. The summed E-state index contributed by atoms with van der Waals surface area (Å²) in [6.07, 6.45) is -2.37. The Morgan fingerprint density at radius 3 is 2.44 bits per heavy atom. The highest BCUT2D eigenvalue weighted by atomic mass is 19.4. The number of aryl methyl sites for hydroxylation is 1. The molecule has 3 rings (SSSR count). The zero-order valence-electron chi connectivity index (χ0n) is 13.0. The Morgan fingerprint density at radius 2 is 1.92 bits per heavy atom. The van der Waals surface area contributed by atoms with Crippen LogP contribution in [0.5, 0.6) is 17.5 Å². The van der Waals surface area contributed by atoms with E-state index < -0.39 is 11.3 Å². The number of hydrogen-bond donors (Lipinski definition) is 0. The number of nitro groups is 1. The first-order valence-electron chi connectivity index (χ1n) is 7.02. The predicted molar refractivity (Wildman–Crippen MR) is 78.7 cm³/mol. The van der Waals surface area contributed by atoms with Gasteiger partial charge in [0, 0.05) is 11.5 Å². The molecule has 0 amide bonds. The number of rotatable bonds is 3. The van der Waals surface area contributed by atoms with Crippen molar-refractivity contribution in [3.05, 3.63) is 40.6 Å². The Kier molecular flexibility index (Phi) is 5.67. The SMILES string of the molecule is COc1ccc(OC(F)(F)F)cc1.O=[N+]([O-])c1cn2c(n1)OCCC2. The highest BCUT2D eigenvalue weighted by molar-refractivity contribution is 5.31. The third-order valence-electron chi connectivity index (χ3n) is 2.98. The van der Waals surface area contributed by atoms with Crippen LogP contribution in [0, 0.1) is 10.1 Å². The average molecular weight is 361 g/mol. The summed E-state index contributed by atoms with van der Waals surface area (Å²) in [5.41, 5.74) is 0. The van der Waals surface area contributed by atoms with Crippen molar-refractivity contribution >= 4 is 5.82 Å². The molecule has 8 nitrogen and oxygen atoms in total. The number of alkyl halides is 3. The van der Waals surface area contributed by atoms with Crippen LogP contribution in [-0.4, -0.2) is 34.6 Å². The fourth-order valence-corrected chi connectivity index (χ4v) is 1.92. The monoisotopic (exact) mass is 361 g/mol. The summed E-state index contributed by atoms with van der Waals surface area (Å²) in [4.78, 5) is 13.5. The van der Waals surface area contributed by atoms with Gasteiger partial charge >= 0.3 is 18.2 Å². The van der Waals surface area contributed by atoms with Crippen molar-refractivity contribution < 1.29 is 32.3 Å². The predicted octanol–water partition coefficient (Wildman–Crippen LogP) is 3.17. The molecule has 0 spiro atoms. The van der Waals surface area contributed by atoms with E-state index in [0.29, 0.717) is 18.4 Å². The number of ether oxygens (including phenoxy) is 3. The second-order valence-corrected chi connectivity index (χ2v) is 4.76. The largest absolute Gasteiger partial charge is 0.573 e. The van der Waals surface area contributed by atoms with Gasteiger partial charge in [-0.2, -0.15) is 0 Å². The van der Waals surface area contributed by atoms with Crippen LogP contribution in [0.25, 0.3) is 0 Å². The molecule has 0 N–H and O–H groups in total. The van der Waals surface area contributed by atoms with Crippen molar-refractivity contribution in [2.75, 3.05) is 13.7 Å². The topological polar surface area (TPSA) is 88.7 Å². The molecule has 2 heterocycles. The summed E-state index contributed by atoms with van der Waals surface area (Å²) < 4.78 is 50.2. The molecule has 1 aliphatic heterocycles. The Labute approximate surface area is 139 Å². The molecule has 1 aromatic carbocycles. The first-order valence-corrected chi connectivity index (χ1v) is 7.02. The second-order valence-electron chi connectivity index (χ2n) is 4.76. The molecule has 0 saturated carbocycles. The number of methoxy groups -OCH3 is 1. The Balaban J connectivity index is 0.000000181. The summed E-state index contributed by atoms with van der Waals surface area (Å²) in [6.45, 7) is 1.34. The third kappa shape index (κ3) is 5.55. The van der Waals surface area contributed by atoms with E-state index in [4.69, 9.17) is 9.47 Å². The lowest BCUT2D eigenvalue weighted by Gasteiger charge is -2.09. The summed E-state index contributed by atoms with van der Waals surface area (Å²) in [7, 11) is 1.43. The van der Waals surface area contributed by atoms with Gasteiger partial charge in [-0.15, -0.1) is 13.2 Å². The molecular weight excluding hydrogens is 347 g/mol. The van der Waals surface area contributed by atoms with Crippen LogP contribution in [0.15, 0.2) is 30.5 Å². The fourth-order valence-electron chi connectivity index (χ4n) is 1.92. The van der Waals surface area contributed by atoms with Gasteiger partial charge in [0.05, 0.1) is 13.7 Å². The van der Waals surface area contributed by atoms with Crippen LogP contribution in [0.3, 0.4) is 0 Å². The van der Waals surface area contributed by atoms with E-state index >= 15 is 0 Å². The fraction of sp³-hybridized carbons (Fsp3) is 0.357. The molecule has 0 bridgehead atoms. The van der Waals surface area contributed by atoms with E-state index in [1.807, 2.05) is 0 Å². The molecule has 0 aliphatic carbocycles. The van der Waals surface area contributed by atoms with Crippen LogP contribution in [0.2, 0.25) is 0 Å².